The van der Waals surface area contributed by atoms with Crippen LogP contribution in [0.25, 0.3) is 27.6 Å². The Balaban J connectivity index is 0.000000163. The fraction of sp³-hybridized carbons (Fsp3) is 0.136. The van der Waals surface area contributed by atoms with E-state index in [4.69, 9.17) is 4.74 Å². The number of benzene rings is 4. The van der Waals surface area contributed by atoms with Crippen LogP contribution in [-0.4, -0.2) is 60.5 Å². The summed E-state index contributed by atoms with van der Waals surface area (Å²) in [5.41, 5.74) is 9.69. The highest BCUT2D eigenvalue weighted by Gasteiger charge is 2.20. The number of carbonyl (C=O) groups is 3. The third-order valence-corrected chi connectivity index (χ3v) is 12.3. The molecule has 0 saturated carbocycles. The summed E-state index contributed by atoms with van der Waals surface area (Å²) in [5, 5.41) is 11.2. The highest BCUT2D eigenvalue weighted by Crippen LogP contribution is 2.22. The number of nitrogens with one attached hydrogen (secondary N) is 1. The lowest BCUT2D eigenvalue weighted by molar-refractivity contribution is -0.135. The van der Waals surface area contributed by atoms with Crippen LogP contribution in [0.1, 0.15) is 76.4 Å². The second-order valence-corrected chi connectivity index (χ2v) is 17.2. The molecule has 13 nitrogen and oxygen atoms in total. The van der Waals surface area contributed by atoms with Crippen LogP contribution in [0.4, 0.5) is 10.1 Å². The van der Waals surface area contributed by atoms with Gasteiger partial charge >= 0.3 is 5.97 Å². The molecule has 366 valence electrons. The molecule has 2 N–H and O–H groups in total. The van der Waals surface area contributed by atoms with E-state index >= 15 is 0 Å². The van der Waals surface area contributed by atoms with Gasteiger partial charge in [-0.2, -0.15) is 0 Å². The third kappa shape index (κ3) is 12.0. The zero-order valence-corrected chi connectivity index (χ0v) is 41.2. The second-order valence-electron chi connectivity index (χ2n) is 17.2. The Morgan fingerprint density at radius 1 is 0.658 bits per heavy atom. The minimum atomic E-state index is -0.654. The largest absolute Gasteiger partial charge is 0.506 e. The van der Waals surface area contributed by atoms with Gasteiger partial charge in [0, 0.05) is 78.0 Å². The summed E-state index contributed by atoms with van der Waals surface area (Å²) in [7, 11) is 1.26. The normalized spacial score (nSPS) is 11.3. The summed E-state index contributed by atoms with van der Waals surface area (Å²) >= 11 is 0. The molecule has 0 aliphatic carbocycles. The number of aromatic amines is 1. The van der Waals surface area contributed by atoms with Crippen molar-refractivity contribution in [1.82, 2.24) is 24.5 Å². The van der Waals surface area contributed by atoms with Crippen LogP contribution in [0.2, 0.25) is 0 Å². The van der Waals surface area contributed by atoms with Crippen LogP contribution >= 0.6 is 0 Å². The molecular formula is C59H51FN6O7. The number of esters is 1. The number of fused-ring (bicyclic) bond motifs is 2. The molecule has 0 amide bonds. The predicted octanol–water partition coefficient (Wildman–Crippen LogP) is 10.7. The van der Waals surface area contributed by atoms with Gasteiger partial charge in [0.15, 0.2) is 11.6 Å². The van der Waals surface area contributed by atoms with Crippen molar-refractivity contribution in [2.24, 2.45) is 4.99 Å². The summed E-state index contributed by atoms with van der Waals surface area (Å²) in [6.07, 6.45) is 13.6. The van der Waals surface area contributed by atoms with Gasteiger partial charge in [-0.25, -0.2) is 9.18 Å². The van der Waals surface area contributed by atoms with Gasteiger partial charge in [-0.15, -0.1) is 0 Å². The van der Waals surface area contributed by atoms with Crippen molar-refractivity contribution in [2.75, 3.05) is 7.11 Å². The highest BCUT2D eigenvalue weighted by atomic mass is 19.1. The Hall–Kier alpha value is -9.30. The van der Waals surface area contributed by atoms with Crippen LogP contribution in [0.5, 0.6) is 0 Å². The smallest absolute Gasteiger partial charge is 0.343 e. The zero-order valence-electron chi connectivity index (χ0n) is 41.2. The maximum atomic E-state index is 14.2. The number of ketones is 2. The summed E-state index contributed by atoms with van der Waals surface area (Å²) < 4.78 is 20.7. The number of pyridine rings is 5. The minimum absolute atomic E-state index is 0.00688. The van der Waals surface area contributed by atoms with Crippen LogP contribution in [0.15, 0.2) is 173 Å². The molecular weight excluding hydrogens is 924 g/mol. The van der Waals surface area contributed by atoms with Crippen molar-refractivity contribution in [1.29, 1.82) is 0 Å². The molecule has 5 aromatic heterocycles. The third-order valence-electron chi connectivity index (χ3n) is 12.3. The number of aryl methyl sites for hydroxylation is 6. The predicted molar refractivity (Wildman–Crippen MR) is 282 cm³/mol. The zero-order chi connectivity index (χ0) is 52.3. The number of aromatic nitrogens is 5. The van der Waals surface area contributed by atoms with Gasteiger partial charge in [0.05, 0.1) is 52.3 Å². The number of halogens is 1. The van der Waals surface area contributed by atoms with Gasteiger partial charge < -0.3 is 19.4 Å². The lowest BCUT2D eigenvalue weighted by atomic mass is 9.99. The number of methoxy groups -OCH3 is 1. The molecule has 0 spiro atoms. The van der Waals surface area contributed by atoms with E-state index in [1.54, 1.807) is 96.1 Å². The number of aliphatic hydroxyl groups excluding tert-OH is 1. The maximum absolute atomic E-state index is 14.2. The Labute approximate surface area is 420 Å². The molecule has 9 aromatic rings. The van der Waals surface area contributed by atoms with Gasteiger partial charge in [-0.1, -0.05) is 54.6 Å². The molecule has 0 atom stereocenters. The van der Waals surface area contributed by atoms with Crippen molar-refractivity contribution in [3.8, 4) is 0 Å². The number of ether oxygens (including phenoxy) is 1. The van der Waals surface area contributed by atoms with Crippen molar-refractivity contribution in [3.05, 3.63) is 251 Å². The fourth-order valence-corrected chi connectivity index (χ4v) is 7.59. The first-order valence-corrected chi connectivity index (χ1v) is 23.0. The molecule has 73 heavy (non-hydrogen) atoms. The number of H-pyrrole nitrogens is 1. The quantitative estimate of drug-likeness (QED) is 0.0439. The topological polar surface area (TPSA) is 187 Å². The van der Waals surface area contributed by atoms with E-state index in [1.165, 1.54) is 44.2 Å². The molecule has 0 saturated heterocycles. The van der Waals surface area contributed by atoms with E-state index in [2.05, 4.69) is 24.9 Å². The Kier molecular flexibility index (Phi) is 16.3. The van der Waals surface area contributed by atoms with Crippen molar-refractivity contribution in [2.45, 2.75) is 48.1 Å². The van der Waals surface area contributed by atoms with Crippen LogP contribution in [0, 0.1) is 47.4 Å². The van der Waals surface area contributed by atoms with E-state index < -0.39 is 5.97 Å². The Morgan fingerprint density at radius 2 is 1.19 bits per heavy atom. The number of carbonyl (C=O) groups excluding carboxylic acids is 3. The monoisotopic (exact) mass is 974 g/mol. The maximum Gasteiger partial charge on any atom is 0.343 e. The lowest BCUT2D eigenvalue weighted by Gasteiger charge is -2.14. The summed E-state index contributed by atoms with van der Waals surface area (Å²) in [6, 6.07) is 29.5. The molecule has 0 aliphatic rings. The number of rotatable bonds is 10. The first-order chi connectivity index (χ1) is 35.1. The van der Waals surface area contributed by atoms with Gasteiger partial charge in [-0.05, 0) is 123 Å². The van der Waals surface area contributed by atoms with Gasteiger partial charge in [0.1, 0.15) is 17.1 Å². The molecule has 0 fully saturated rings. The first kappa shape index (κ1) is 51.5. The first-order valence-electron chi connectivity index (χ1n) is 23.0. The number of aliphatic imine (C=N–C) groups is 1. The minimum Gasteiger partial charge on any atom is -0.506 e. The average Bonchev–Trinajstić information content (AvgIpc) is 3.40. The summed E-state index contributed by atoms with van der Waals surface area (Å²) in [6.45, 7) is 11.9. The molecule has 5 heterocycles. The van der Waals surface area contributed by atoms with Crippen molar-refractivity contribution < 1.29 is 28.6 Å². The van der Waals surface area contributed by atoms with Crippen molar-refractivity contribution in [3.63, 3.8) is 0 Å². The number of hydrogen-bond donors (Lipinski definition) is 2. The Bertz CT molecular complexity index is 3750. The lowest BCUT2D eigenvalue weighted by Crippen LogP contribution is -2.20. The van der Waals surface area contributed by atoms with Gasteiger partial charge in [0.25, 0.3) is 0 Å². The van der Waals surface area contributed by atoms with E-state index in [9.17, 15) is 33.5 Å². The summed E-state index contributed by atoms with van der Waals surface area (Å²) in [5.74, 6) is -1.79. The number of hydrogen-bond acceptors (Lipinski definition) is 11. The molecule has 4 aromatic carbocycles. The van der Waals surface area contributed by atoms with E-state index in [0.29, 0.717) is 49.7 Å². The van der Waals surface area contributed by atoms with E-state index in [-0.39, 0.29) is 57.2 Å². The number of nitrogens with zero attached hydrogens (tertiary/aromatic N) is 5. The standard InChI is InChI=1S/C24H19FN2O2.C18H18N2O3.C17H14N2O2/c1-15-7-8-17(11-16(15)2)23(28)20-14-27(13-18-5-3-4-6-21(18)25)22-9-10-26-12-19(22)24(20)29;1-12-4-5-14(10-13(12)2)17(21)16(18(22)23-3)11-20-15-6-8-19-9-7-15;1-10-3-4-12(7-11(10)2)16(20)14-9-19-15-5-6-18-8-13(15)17(14)21/h3-12,14H,13H2,1-2H3;4-11,21H,1-3H3;3-9H,1-2H3,(H,19,21). The number of aliphatic hydroxyl groups is 1. The van der Waals surface area contributed by atoms with Crippen molar-refractivity contribution >= 4 is 57.0 Å². The molecule has 0 radical (unpaired) electrons. The molecule has 0 unspecified atom stereocenters. The van der Waals surface area contributed by atoms with Crippen LogP contribution in [0.3, 0.4) is 0 Å². The van der Waals surface area contributed by atoms with E-state index in [0.717, 1.165) is 33.4 Å². The van der Waals surface area contributed by atoms with E-state index in [1.807, 2.05) is 71.9 Å². The van der Waals surface area contributed by atoms with Gasteiger partial charge in [0.2, 0.25) is 10.9 Å². The highest BCUT2D eigenvalue weighted by molar-refractivity contribution is 6.15. The molecule has 14 heteroatoms. The van der Waals surface area contributed by atoms with Gasteiger partial charge in [-0.3, -0.25) is 39.1 Å². The fourth-order valence-electron chi connectivity index (χ4n) is 7.59. The summed E-state index contributed by atoms with van der Waals surface area (Å²) in [4.78, 5) is 82.1. The average molecular weight is 975 g/mol. The van der Waals surface area contributed by atoms with Crippen LogP contribution < -0.4 is 10.9 Å². The molecule has 0 bridgehead atoms. The molecule has 0 aliphatic heterocycles. The second kappa shape index (κ2) is 23.1. The SMILES string of the molecule is COC(=O)C(C=Nc1ccncc1)=C(O)c1ccc(C)c(C)c1.Cc1ccc(C(=O)c2c[nH]c3ccncc3c2=O)cc1C.Cc1ccc(C(=O)c2cn(Cc3ccccc3F)c3ccncc3c2=O)cc1C. The van der Waals surface area contributed by atoms with Crippen LogP contribution in [-0.2, 0) is 16.1 Å². The Morgan fingerprint density at radius 3 is 1.79 bits per heavy atom. The molecule has 9 rings (SSSR count).